The first-order valence-electron chi connectivity index (χ1n) is 10.2. The summed E-state index contributed by atoms with van der Waals surface area (Å²) in [5, 5.41) is 3.31. The van der Waals surface area contributed by atoms with Crippen LogP contribution in [-0.4, -0.2) is 18.9 Å². The van der Waals surface area contributed by atoms with Crippen molar-refractivity contribution >= 4 is 11.8 Å². The Morgan fingerprint density at radius 2 is 1.80 bits per heavy atom. The summed E-state index contributed by atoms with van der Waals surface area (Å²) in [7, 11) is 1.36. The van der Waals surface area contributed by atoms with E-state index in [0.717, 1.165) is 17.7 Å². The Hall–Kier alpha value is -3.08. The molecule has 5 nitrogen and oxygen atoms in total. The maximum atomic E-state index is 13.2. The van der Waals surface area contributed by atoms with Gasteiger partial charge in [-0.25, -0.2) is 4.79 Å². The molecule has 1 aliphatic heterocycles. The highest BCUT2D eigenvalue weighted by atomic mass is 16.5. The molecule has 4 rings (SSSR count). The molecule has 1 aromatic heterocycles. The number of esters is 1. The number of nitrogens with one attached hydrogen (secondary N) is 1. The predicted octanol–water partition coefficient (Wildman–Crippen LogP) is 5.03. The molecule has 1 aliphatic carbocycles. The van der Waals surface area contributed by atoms with Crippen molar-refractivity contribution in [3.63, 3.8) is 0 Å². The third-order valence-electron chi connectivity index (χ3n) is 5.89. The number of hydrogen-bond donors (Lipinski definition) is 1. The lowest BCUT2D eigenvalue weighted by Crippen LogP contribution is -2.38. The fraction of sp³-hybridized carbons (Fsp3) is 0.360. The molecular formula is C25H27NO4. The van der Waals surface area contributed by atoms with Crippen LogP contribution in [-0.2, 0) is 14.3 Å². The number of Topliss-reactive ketones (excluding diaryl/α,β-unsaturated/α-hetero) is 1. The summed E-state index contributed by atoms with van der Waals surface area (Å²) >= 11 is 0. The molecule has 0 saturated carbocycles. The van der Waals surface area contributed by atoms with Gasteiger partial charge in [-0.2, -0.15) is 0 Å². The predicted molar refractivity (Wildman–Crippen MR) is 115 cm³/mol. The molecule has 1 atom stereocenters. The zero-order chi connectivity index (χ0) is 21.6. The number of furan rings is 1. The quantitative estimate of drug-likeness (QED) is 0.725. The van der Waals surface area contributed by atoms with Gasteiger partial charge in [0.15, 0.2) is 5.78 Å². The highest BCUT2D eigenvalue weighted by Crippen LogP contribution is 2.47. The van der Waals surface area contributed by atoms with Gasteiger partial charge in [-0.05, 0) is 37.8 Å². The molecule has 30 heavy (non-hydrogen) atoms. The summed E-state index contributed by atoms with van der Waals surface area (Å²) in [6.07, 6.45) is 1.17. The minimum Gasteiger partial charge on any atom is -0.466 e. The number of ether oxygens (including phenoxy) is 1. The number of carbonyl (C=O) groups excluding carboxylic acids is 2. The standard InChI is InChI=1S/C25H27NO4/c1-14-6-8-16(9-7-14)19-10-11-20(30-19)23-21(24(28)29-5)15(2)26-17-12-25(3,4)13-18(27)22(17)23/h6-11,23,26H,12-13H2,1-5H3/t23-/m1/s1. The first-order valence-corrected chi connectivity index (χ1v) is 10.2. The fourth-order valence-electron chi connectivity index (χ4n) is 4.48. The second-order valence-corrected chi connectivity index (χ2v) is 8.99. The summed E-state index contributed by atoms with van der Waals surface area (Å²) in [6.45, 7) is 8.05. The van der Waals surface area contributed by atoms with Crippen LogP contribution < -0.4 is 5.32 Å². The van der Waals surface area contributed by atoms with Gasteiger partial charge in [0.2, 0.25) is 0 Å². The molecule has 0 bridgehead atoms. The van der Waals surface area contributed by atoms with E-state index in [9.17, 15) is 9.59 Å². The Balaban J connectivity index is 1.84. The van der Waals surface area contributed by atoms with Gasteiger partial charge in [-0.15, -0.1) is 0 Å². The number of rotatable bonds is 3. The fourth-order valence-corrected chi connectivity index (χ4v) is 4.48. The van der Waals surface area contributed by atoms with Crippen LogP contribution in [0, 0.1) is 12.3 Å². The summed E-state index contributed by atoms with van der Waals surface area (Å²) in [6, 6.07) is 11.8. The zero-order valence-electron chi connectivity index (χ0n) is 18.1. The number of aryl methyl sites for hydroxylation is 1. The maximum absolute atomic E-state index is 13.2. The van der Waals surface area contributed by atoms with Gasteiger partial charge in [0.1, 0.15) is 11.5 Å². The van der Waals surface area contributed by atoms with Crippen molar-refractivity contribution in [2.75, 3.05) is 7.11 Å². The molecule has 5 heteroatoms. The van der Waals surface area contributed by atoms with E-state index < -0.39 is 11.9 Å². The number of methoxy groups -OCH3 is 1. The topological polar surface area (TPSA) is 68.5 Å². The third kappa shape index (κ3) is 3.49. The van der Waals surface area contributed by atoms with Crippen LogP contribution in [0.3, 0.4) is 0 Å². The number of ketones is 1. The van der Waals surface area contributed by atoms with Gasteiger partial charge in [0, 0.05) is 29.0 Å². The normalized spacial score (nSPS) is 20.7. The van der Waals surface area contributed by atoms with Crippen LogP contribution >= 0.6 is 0 Å². The minimum atomic E-state index is -0.573. The van der Waals surface area contributed by atoms with E-state index >= 15 is 0 Å². The van der Waals surface area contributed by atoms with E-state index in [1.54, 1.807) is 0 Å². The minimum absolute atomic E-state index is 0.0425. The molecule has 0 unspecified atom stereocenters. The van der Waals surface area contributed by atoms with Crippen molar-refractivity contribution in [2.45, 2.75) is 46.5 Å². The Kier molecular flexibility index (Phi) is 4.92. The molecule has 0 fully saturated rings. The second-order valence-electron chi connectivity index (χ2n) is 8.99. The Bertz CT molecular complexity index is 1080. The van der Waals surface area contributed by atoms with Crippen molar-refractivity contribution in [1.29, 1.82) is 0 Å². The van der Waals surface area contributed by atoms with Crippen molar-refractivity contribution in [3.8, 4) is 11.3 Å². The van der Waals surface area contributed by atoms with Crippen LogP contribution in [0.15, 0.2) is 63.4 Å². The molecule has 0 saturated heterocycles. The lowest BCUT2D eigenvalue weighted by molar-refractivity contribution is -0.136. The third-order valence-corrected chi connectivity index (χ3v) is 5.89. The van der Waals surface area contributed by atoms with Crippen LogP contribution in [0.25, 0.3) is 11.3 Å². The van der Waals surface area contributed by atoms with Gasteiger partial charge in [0.05, 0.1) is 18.6 Å². The summed E-state index contributed by atoms with van der Waals surface area (Å²) in [5.41, 5.74) is 4.60. The van der Waals surface area contributed by atoms with E-state index in [0.29, 0.717) is 34.8 Å². The van der Waals surface area contributed by atoms with Crippen molar-refractivity contribution in [1.82, 2.24) is 5.32 Å². The van der Waals surface area contributed by atoms with Gasteiger partial charge in [0.25, 0.3) is 0 Å². The first-order chi connectivity index (χ1) is 14.2. The number of dihydropyridines is 1. The van der Waals surface area contributed by atoms with Crippen molar-refractivity contribution < 1.29 is 18.7 Å². The van der Waals surface area contributed by atoms with E-state index in [2.05, 4.69) is 19.2 Å². The van der Waals surface area contributed by atoms with Gasteiger partial charge >= 0.3 is 5.97 Å². The van der Waals surface area contributed by atoms with Crippen LogP contribution in [0.4, 0.5) is 0 Å². The smallest absolute Gasteiger partial charge is 0.336 e. The van der Waals surface area contributed by atoms with E-state index in [-0.39, 0.29) is 11.2 Å². The summed E-state index contributed by atoms with van der Waals surface area (Å²) in [5.74, 6) is 0.295. The van der Waals surface area contributed by atoms with Gasteiger partial charge in [-0.3, -0.25) is 4.79 Å². The van der Waals surface area contributed by atoms with Crippen LogP contribution in [0.5, 0.6) is 0 Å². The van der Waals surface area contributed by atoms with E-state index in [1.807, 2.05) is 50.2 Å². The van der Waals surface area contributed by atoms with Crippen LogP contribution in [0.1, 0.15) is 50.9 Å². The molecule has 1 N–H and O–H groups in total. The highest BCUT2D eigenvalue weighted by Gasteiger charge is 2.44. The van der Waals surface area contributed by atoms with Gasteiger partial charge < -0.3 is 14.5 Å². The summed E-state index contributed by atoms with van der Waals surface area (Å²) < 4.78 is 11.3. The van der Waals surface area contributed by atoms with Gasteiger partial charge in [-0.1, -0.05) is 43.7 Å². The zero-order valence-corrected chi connectivity index (χ0v) is 18.1. The summed E-state index contributed by atoms with van der Waals surface area (Å²) in [4.78, 5) is 25.9. The molecule has 156 valence electrons. The highest BCUT2D eigenvalue weighted by molar-refractivity contribution is 6.04. The number of benzene rings is 1. The first kappa shape index (κ1) is 20.2. The number of hydrogen-bond acceptors (Lipinski definition) is 5. The molecule has 1 aromatic carbocycles. The maximum Gasteiger partial charge on any atom is 0.336 e. The number of carbonyl (C=O) groups is 2. The molecule has 0 spiro atoms. The van der Waals surface area contributed by atoms with E-state index in [4.69, 9.17) is 9.15 Å². The Morgan fingerprint density at radius 3 is 2.47 bits per heavy atom. The molecule has 0 radical (unpaired) electrons. The average molecular weight is 405 g/mol. The second kappa shape index (κ2) is 7.31. The molecule has 2 heterocycles. The largest absolute Gasteiger partial charge is 0.466 e. The molecule has 0 amide bonds. The SMILES string of the molecule is COC(=O)C1=C(C)NC2=C(C(=O)CC(C)(C)C2)[C@@H]1c1ccc(-c2ccc(C)cc2)o1. The molecule has 2 aliphatic rings. The Morgan fingerprint density at radius 1 is 1.10 bits per heavy atom. The average Bonchev–Trinajstić information content (AvgIpc) is 3.15. The lowest BCUT2D eigenvalue weighted by Gasteiger charge is -2.38. The lowest BCUT2D eigenvalue weighted by atomic mass is 9.69. The molecular weight excluding hydrogens is 378 g/mol. The monoisotopic (exact) mass is 405 g/mol. The van der Waals surface area contributed by atoms with Crippen molar-refractivity contribution in [3.05, 3.63) is 70.3 Å². The van der Waals surface area contributed by atoms with Crippen LogP contribution in [0.2, 0.25) is 0 Å². The molecule has 2 aromatic rings. The number of allylic oxidation sites excluding steroid dienone is 3. The Labute approximate surface area is 176 Å². The van der Waals surface area contributed by atoms with Crippen molar-refractivity contribution in [2.24, 2.45) is 5.41 Å². The van der Waals surface area contributed by atoms with E-state index in [1.165, 1.54) is 12.7 Å².